The van der Waals surface area contributed by atoms with Gasteiger partial charge in [0.2, 0.25) is 0 Å². The van der Waals surface area contributed by atoms with Crippen LogP contribution in [0.3, 0.4) is 0 Å². The van der Waals surface area contributed by atoms with Gasteiger partial charge in [0.25, 0.3) is 0 Å². The number of pyridine rings is 1. The summed E-state index contributed by atoms with van der Waals surface area (Å²) in [6, 6.07) is 5.94. The Bertz CT molecular complexity index is 364. The second-order valence-electron chi connectivity index (χ2n) is 3.56. The Balaban J connectivity index is 0.00000137. The lowest BCUT2D eigenvalue weighted by atomic mass is 10.2. The fourth-order valence-electron chi connectivity index (χ4n) is 1.25. The number of rotatable bonds is 6. The Morgan fingerprint density at radius 2 is 2.11 bits per heavy atom. The first kappa shape index (κ1) is 16.3. The van der Waals surface area contributed by atoms with Crippen LogP contribution < -0.4 is 5.32 Å². The van der Waals surface area contributed by atoms with Crippen molar-refractivity contribution in [3.8, 4) is 0 Å². The van der Waals surface area contributed by atoms with Crippen LogP contribution in [-0.4, -0.2) is 11.5 Å². The third-order valence-corrected chi connectivity index (χ3v) is 2.06. The number of nitrogens with zero attached hydrogens (tertiary/aromatic N) is 1. The van der Waals surface area contributed by atoms with Crippen molar-refractivity contribution in [2.24, 2.45) is 0 Å². The van der Waals surface area contributed by atoms with Gasteiger partial charge in [0.05, 0.1) is 5.69 Å². The maximum Gasteiger partial charge on any atom is 0.0541 e. The molecule has 1 aromatic rings. The molecule has 0 bridgehead atoms. The summed E-state index contributed by atoms with van der Waals surface area (Å²) in [7, 11) is 0. The largest absolute Gasteiger partial charge is 0.307 e. The standard InChI is InChI=1S/C14H18N2.C2H6/c1-3-4-5-8-13(2)11-15-12-14-9-6-7-10-16-14;1-2/h3-10,15H,1,11-12H2,2H3;1-2H3/b5-4-,13-8+;. The number of hydrogen-bond acceptors (Lipinski definition) is 2. The zero-order valence-electron chi connectivity index (χ0n) is 11.7. The summed E-state index contributed by atoms with van der Waals surface area (Å²) < 4.78 is 0. The average Bonchev–Trinajstić information content (AvgIpc) is 2.42. The third kappa shape index (κ3) is 8.48. The monoisotopic (exact) mass is 244 g/mol. The molecule has 0 radical (unpaired) electrons. The van der Waals surface area contributed by atoms with Gasteiger partial charge in [0.15, 0.2) is 0 Å². The molecule has 0 amide bonds. The first-order valence-electron chi connectivity index (χ1n) is 6.38. The van der Waals surface area contributed by atoms with Crippen molar-refractivity contribution >= 4 is 0 Å². The van der Waals surface area contributed by atoms with Gasteiger partial charge in [-0.15, -0.1) is 0 Å². The Labute approximate surface area is 111 Å². The van der Waals surface area contributed by atoms with E-state index < -0.39 is 0 Å². The fourth-order valence-corrected chi connectivity index (χ4v) is 1.25. The van der Waals surface area contributed by atoms with Crippen molar-refractivity contribution < 1.29 is 0 Å². The molecule has 1 heterocycles. The van der Waals surface area contributed by atoms with Crippen molar-refractivity contribution in [1.82, 2.24) is 10.3 Å². The number of nitrogens with one attached hydrogen (secondary N) is 1. The van der Waals surface area contributed by atoms with E-state index in [1.54, 1.807) is 6.08 Å². The Morgan fingerprint density at radius 3 is 2.72 bits per heavy atom. The van der Waals surface area contributed by atoms with Gasteiger partial charge in [-0.1, -0.05) is 56.4 Å². The predicted molar refractivity (Wildman–Crippen MR) is 80.4 cm³/mol. The van der Waals surface area contributed by atoms with Gasteiger partial charge in [-0.05, 0) is 19.1 Å². The zero-order valence-corrected chi connectivity index (χ0v) is 11.7. The van der Waals surface area contributed by atoms with Crippen LogP contribution in [0.1, 0.15) is 26.5 Å². The summed E-state index contributed by atoms with van der Waals surface area (Å²) in [4.78, 5) is 4.24. The zero-order chi connectivity index (χ0) is 13.6. The molecular formula is C16H24N2. The molecule has 18 heavy (non-hydrogen) atoms. The maximum absolute atomic E-state index is 4.24. The first-order valence-corrected chi connectivity index (χ1v) is 6.38. The fraction of sp³-hybridized carbons (Fsp3) is 0.312. The van der Waals surface area contributed by atoms with E-state index in [0.29, 0.717) is 0 Å². The van der Waals surface area contributed by atoms with Crippen molar-refractivity contribution in [2.75, 3.05) is 6.54 Å². The summed E-state index contributed by atoms with van der Waals surface area (Å²) in [5.74, 6) is 0. The molecule has 0 saturated heterocycles. The molecule has 1 rings (SSSR count). The van der Waals surface area contributed by atoms with Gasteiger partial charge >= 0.3 is 0 Å². The molecule has 0 spiro atoms. The van der Waals surface area contributed by atoms with Gasteiger partial charge in [-0.25, -0.2) is 0 Å². The predicted octanol–water partition coefficient (Wildman–Crippen LogP) is 3.89. The smallest absolute Gasteiger partial charge is 0.0541 e. The van der Waals surface area contributed by atoms with Crippen LogP contribution in [0, 0.1) is 0 Å². The number of hydrogen-bond donors (Lipinski definition) is 1. The summed E-state index contributed by atoms with van der Waals surface area (Å²) in [5.41, 5.74) is 2.35. The summed E-state index contributed by atoms with van der Waals surface area (Å²) >= 11 is 0. The van der Waals surface area contributed by atoms with Gasteiger partial charge in [-0.3, -0.25) is 4.98 Å². The van der Waals surface area contributed by atoms with Gasteiger partial charge < -0.3 is 5.32 Å². The van der Waals surface area contributed by atoms with Crippen LogP contribution in [0.2, 0.25) is 0 Å². The lowest BCUT2D eigenvalue weighted by molar-refractivity contribution is 0.722. The maximum atomic E-state index is 4.24. The van der Waals surface area contributed by atoms with E-state index in [1.807, 2.05) is 50.4 Å². The Kier molecular flexibility index (Phi) is 10.7. The molecule has 0 aliphatic rings. The average molecular weight is 244 g/mol. The van der Waals surface area contributed by atoms with Crippen LogP contribution in [0.4, 0.5) is 0 Å². The molecule has 2 heteroatoms. The highest BCUT2D eigenvalue weighted by Gasteiger charge is 1.92. The number of allylic oxidation sites excluding steroid dienone is 4. The molecule has 0 aliphatic carbocycles. The van der Waals surface area contributed by atoms with E-state index >= 15 is 0 Å². The topological polar surface area (TPSA) is 24.9 Å². The lowest BCUT2D eigenvalue weighted by Gasteiger charge is -2.03. The molecule has 2 nitrogen and oxygen atoms in total. The second-order valence-corrected chi connectivity index (χ2v) is 3.56. The van der Waals surface area contributed by atoms with E-state index in [9.17, 15) is 0 Å². The number of aromatic nitrogens is 1. The molecule has 98 valence electrons. The molecule has 0 aliphatic heterocycles. The van der Waals surface area contributed by atoms with E-state index in [-0.39, 0.29) is 0 Å². The molecule has 0 saturated carbocycles. The SMILES string of the molecule is C=C/C=C\C=C(/C)CNCc1ccccn1.CC. The van der Waals surface area contributed by atoms with Crippen LogP contribution >= 0.6 is 0 Å². The third-order valence-electron chi connectivity index (χ3n) is 2.06. The molecular weight excluding hydrogens is 220 g/mol. The molecule has 0 aromatic carbocycles. The Morgan fingerprint density at radius 1 is 1.33 bits per heavy atom. The normalized spacial score (nSPS) is 10.9. The Hall–Kier alpha value is -1.67. The summed E-state index contributed by atoms with van der Waals surface area (Å²) in [6.07, 6.45) is 9.57. The molecule has 1 aromatic heterocycles. The molecule has 1 N–H and O–H groups in total. The molecule has 0 fully saturated rings. The van der Waals surface area contributed by atoms with Crippen LogP contribution in [0.15, 0.2) is 60.9 Å². The highest BCUT2D eigenvalue weighted by Crippen LogP contribution is 1.95. The lowest BCUT2D eigenvalue weighted by Crippen LogP contribution is -2.16. The quantitative estimate of drug-likeness (QED) is 0.768. The highest BCUT2D eigenvalue weighted by atomic mass is 14.9. The van der Waals surface area contributed by atoms with Gasteiger partial charge in [0.1, 0.15) is 0 Å². The van der Waals surface area contributed by atoms with E-state index in [2.05, 4.69) is 29.9 Å². The van der Waals surface area contributed by atoms with Gasteiger partial charge in [-0.2, -0.15) is 0 Å². The molecule has 0 unspecified atom stereocenters. The van der Waals surface area contributed by atoms with Crippen LogP contribution in [0.25, 0.3) is 0 Å². The van der Waals surface area contributed by atoms with Crippen molar-refractivity contribution in [3.05, 3.63) is 66.5 Å². The minimum Gasteiger partial charge on any atom is -0.307 e. The molecule has 0 atom stereocenters. The van der Waals surface area contributed by atoms with E-state index in [0.717, 1.165) is 18.8 Å². The first-order chi connectivity index (χ1) is 8.83. The van der Waals surface area contributed by atoms with Crippen molar-refractivity contribution in [3.63, 3.8) is 0 Å². The summed E-state index contributed by atoms with van der Waals surface area (Å²) in [6.45, 7) is 11.4. The van der Waals surface area contributed by atoms with Crippen molar-refractivity contribution in [1.29, 1.82) is 0 Å². The summed E-state index contributed by atoms with van der Waals surface area (Å²) in [5, 5.41) is 3.34. The minimum atomic E-state index is 0.803. The highest BCUT2D eigenvalue weighted by molar-refractivity contribution is 5.15. The van der Waals surface area contributed by atoms with Gasteiger partial charge in [0, 0.05) is 19.3 Å². The van der Waals surface area contributed by atoms with E-state index in [1.165, 1.54) is 5.57 Å². The van der Waals surface area contributed by atoms with Crippen LogP contribution in [-0.2, 0) is 6.54 Å². The van der Waals surface area contributed by atoms with Crippen molar-refractivity contribution in [2.45, 2.75) is 27.3 Å². The van der Waals surface area contributed by atoms with Crippen LogP contribution in [0.5, 0.6) is 0 Å². The van der Waals surface area contributed by atoms with E-state index in [4.69, 9.17) is 0 Å². The second kappa shape index (κ2) is 11.8. The minimum absolute atomic E-state index is 0.803.